The number of anilines is 1. The summed E-state index contributed by atoms with van der Waals surface area (Å²) in [4.78, 5) is 17.7. The van der Waals surface area contributed by atoms with Crippen molar-refractivity contribution in [1.29, 1.82) is 0 Å². The number of likely N-dealkylation sites (N-methyl/N-ethyl adjacent to an activating group) is 1. The lowest BCUT2D eigenvalue weighted by atomic mass is 10.0. The van der Waals surface area contributed by atoms with E-state index in [4.69, 9.17) is 5.73 Å². The molecule has 110 valence electrons. The van der Waals surface area contributed by atoms with Crippen molar-refractivity contribution >= 4 is 11.7 Å². The number of rotatable bonds is 4. The molecule has 2 rings (SSSR count). The van der Waals surface area contributed by atoms with Gasteiger partial charge in [-0.15, -0.1) is 0 Å². The average Bonchev–Trinajstić information content (AvgIpc) is 2.50. The molecule has 0 aliphatic heterocycles. The van der Waals surface area contributed by atoms with Crippen molar-refractivity contribution < 1.29 is 15.0 Å². The second kappa shape index (κ2) is 6.23. The van der Waals surface area contributed by atoms with Crippen molar-refractivity contribution in [3.63, 3.8) is 0 Å². The number of phenolic OH excluding ortho intramolecular Hbond substituents is 2. The highest BCUT2D eigenvalue weighted by atomic mass is 16.3. The van der Waals surface area contributed by atoms with E-state index in [1.165, 1.54) is 17.0 Å². The van der Waals surface area contributed by atoms with E-state index >= 15 is 0 Å². The number of carbonyl (C=O) groups excluding carboxylic acids is 1. The molecule has 0 saturated heterocycles. The van der Waals surface area contributed by atoms with Gasteiger partial charge < -0.3 is 15.9 Å². The third kappa shape index (κ3) is 3.49. The fourth-order valence-corrected chi connectivity index (χ4v) is 1.95. The van der Waals surface area contributed by atoms with E-state index in [-0.39, 0.29) is 23.8 Å². The highest BCUT2D eigenvalue weighted by Gasteiger charge is 2.20. The van der Waals surface area contributed by atoms with Crippen molar-refractivity contribution in [3.8, 4) is 11.5 Å². The van der Waals surface area contributed by atoms with Crippen molar-refractivity contribution in [2.75, 3.05) is 11.9 Å². The number of aromatic hydroxyl groups is 2. The van der Waals surface area contributed by atoms with Gasteiger partial charge in [-0.25, -0.2) is 4.98 Å². The molecule has 0 saturated carbocycles. The molecular formula is C15H17N3O3. The van der Waals surface area contributed by atoms with Crippen molar-refractivity contribution in [2.24, 2.45) is 5.73 Å². The Labute approximate surface area is 122 Å². The topological polar surface area (TPSA) is 99.7 Å². The largest absolute Gasteiger partial charge is 0.504 e. The van der Waals surface area contributed by atoms with Crippen LogP contribution < -0.4 is 10.6 Å². The first kappa shape index (κ1) is 14.8. The maximum atomic E-state index is 12.2. The molecule has 1 amide bonds. The minimum atomic E-state index is -0.763. The monoisotopic (exact) mass is 287 g/mol. The third-order valence-corrected chi connectivity index (χ3v) is 3.14. The molecule has 6 nitrogen and oxygen atoms in total. The molecule has 0 spiro atoms. The molecule has 0 aliphatic rings. The van der Waals surface area contributed by atoms with Gasteiger partial charge in [-0.1, -0.05) is 12.1 Å². The van der Waals surface area contributed by atoms with E-state index in [9.17, 15) is 15.0 Å². The van der Waals surface area contributed by atoms with Crippen LogP contribution in [0.4, 0.5) is 5.82 Å². The molecule has 4 N–H and O–H groups in total. The fourth-order valence-electron chi connectivity index (χ4n) is 1.95. The Hall–Kier alpha value is -2.60. The van der Waals surface area contributed by atoms with Crippen LogP contribution in [0.1, 0.15) is 5.56 Å². The number of hydrogen-bond acceptors (Lipinski definition) is 5. The molecule has 6 heteroatoms. The molecular weight excluding hydrogens is 270 g/mol. The first-order valence-electron chi connectivity index (χ1n) is 6.44. The zero-order valence-electron chi connectivity index (χ0n) is 11.6. The van der Waals surface area contributed by atoms with Crippen LogP contribution in [0, 0.1) is 0 Å². The van der Waals surface area contributed by atoms with E-state index in [0.717, 1.165) is 0 Å². The van der Waals surface area contributed by atoms with Gasteiger partial charge in [0.25, 0.3) is 0 Å². The van der Waals surface area contributed by atoms with Crippen LogP contribution in [0.3, 0.4) is 0 Å². The standard InChI is InChI=1S/C15H17N3O3/c1-18(14-4-2-3-7-17-14)15(21)11(16)8-10-5-6-12(19)13(20)9-10/h2-7,9,11,19-20H,8,16H2,1H3/t11-/m0/s1. The number of phenols is 2. The molecule has 1 aromatic carbocycles. The second-order valence-electron chi connectivity index (χ2n) is 4.72. The summed E-state index contributed by atoms with van der Waals surface area (Å²) in [6.07, 6.45) is 1.85. The van der Waals surface area contributed by atoms with E-state index in [0.29, 0.717) is 11.4 Å². The van der Waals surface area contributed by atoms with E-state index < -0.39 is 6.04 Å². The number of carbonyl (C=O) groups is 1. The fraction of sp³-hybridized carbons (Fsp3) is 0.200. The number of hydrogen-bond donors (Lipinski definition) is 3. The number of nitrogens with two attached hydrogens (primary N) is 1. The zero-order chi connectivity index (χ0) is 15.4. The summed E-state index contributed by atoms with van der Waals surface area (Å²) in [7, 11) is 1.61. The van der Waals surface area contributed by atoms with Crippen LogP contribution in [-0.4, -0.2) is 34.2 Å². The average molecular weight is 287 g/mol. The summed E-state index contributed by atoms with van der Waals surface area (Å²) in [5.74, 6) is -0.192. The van der Waals surface area contributed by atoms with Gasteiger partial charge in [0.1, 0.15) is 5.82 Å². The SMILES string of the molecule is CN(C(=O)[C@@H](N)Cc1ccc(O)c(O)c1)c1ccccn1. The molecule has 0 bridgehead atoms. The Morgan fingerprint density at radius 1 is 1.29 bits per heavy atom. The molecule has 1 heterocycles. The number of amides is 1. The molecule has 0 unspecified atom stereocenters. The van der Waals surface area contributed by atoms with Crippen LogP contribution in [0.2, 0.25) is 0 Å². The molecule has 21 heavy (non-hydrogen) atoms. The lowest BCUT2D eigenvalue weighted by molar-refractivity contribution is -0.119. The van der Waals surface area contributed by atoms with Gasteiger partial charge in [0.2, 0.25) is 5.91 Å². The normalized spacial score (nSPS) is 11.9. The zero-order valence-corrected chi connectivity index (χ0v) is 11.6. The van der Waals surface area contributed by atoms with Crippen molar-refractivity contribution in [3.05, 3.63) is 48.2 Å². The summed E-state index contributed by atoms with van der Waals surface area (Å²) >= 11 is 0. The van der Waals surface area contributed by atoms with Crippen LogP contribution in [-0.2, 0) is 11.2 Å². The summed E-state index contributed by atoms with van der Waals surface area (Å²) in [5, 5.41) is 18.7. The van der Waals surface area contributed by atoms with Crippen LogP contribution in [0.25, 0.3) is 0 Å². The first-order chi connectivity index (χ1) is 9.99. The number of nitrogens with zero attached hydrogens (tertiary/aromatic N) is 2. The van der Waals surface area contributed by atoms with Gasteiger partial charge in [0.15, 0.2) is 11.5 Å². The van der Waals surface area contributed by atoms with E-state index in [1.807, 2.05) is 0 Å². The Kier molecular flexibility index (Phi) is 4.39. The smallest absolute Gasteiger partial charge is 0.245 e. The van der Waals surface area contributed by atoms with Gasteiger partial charge >= 0.3 is 0 Å². The van der Waals surface area contributed by atoms with Gasteiger partial charge in [-0.3, -0.25) is 9.69 Å². The Balaban J connectivity index is 2.07. The summed E-state index contributed by atoms with van der Waals surface area (Å²) in [5.41, 5.74) is 6.58. The molecule has 1 atom stereocenters. The minimum absolute atomic E-state index is 0.204. The lowest BCUT2D eigenvalue weighted by Crippen LogP contribution is -2.43. The first-order valence-corrected chi connectivity index (χ1v) is 6.44. The van der Waals surface area contributed by atoms with Gasteiger partial charge in [0.05, 0.1) is 6.04 Å². The predicted molar refractivity (Wildman–Crippen MR) is 79.1 cm³/mol. The van der Waals surface area contributed by atoms with Crippen molar-refractivity contribution in [2.45, 2.75) is 12.5 Å². The lowest BCUT2D eigenvalue weighted by Gasteiger charge is -2.20. The number of aromatic nitrogens is 1. The second-order valence-corrected chi connectivity index (χ2v) is 4.72. The number of benzene rings is 1. The van der Waals surface area contributed by atoms with E-state index in [2.05, 4.69) is 4.98 Å². The predicted octanol–water partition coefficient (Wildman–Crippen LogP) is 1.03. The maximum Gasteiger partial charge on any atom is 0.245 e. The van der Waals surface area contributed by atoms with Crippen LogP contribution in [0.15, 0.2) is 42.6 Å². The molecule has 0 radical (unpaired) electrons. The summed E-state index contributed by atoms with van der Waals surface area (Å²) < 4.78 is 0. The Bertz CT molecular complexity index is 631. The number of pyridine rings is 1. The van der Waals surface area contributed by atoms with Crippen LogP contribution in [0.5, 0.6) is 11.5 Å². The highest BCUT2D eigenvalue weighted by Crippen LogP contribution is 2.25. The van der Waals surface area contributed by atoms with Crippen molar-refractivity contribution in [1.82, 2.24) is 4.98 Å². The van der Waals surface area contributed by atoms with E-state index in [1.54, 1.807) is 37.5 Å². The van der Waals surface area contributed by atoms with Crippen LogP contribution >= 0.6 is 0 Å². The molecule has 1 aromatic heterocycles. The maximum absolute atomic E-state index is 12.2. The molecule has 2 aromatic rings. The molecule has 0 fully saturated rings. The summed E-state index contributed by atoms with van der Waals surface area (Å²) in [6, 6.07) is 8.88. The van der Waals surface area contributed by atoms with Gasteiger partial charge in [-0.2, -0.15) is 0 Å². The van der Waals surface area contributed by atoms with Gasteiger partial charge in [-0.05, 0) is 36.2 Å². The third-order valence-electron chi connectivity index (χ3n) is 3.14. The Morgan fingerprint density at radius 2 is 2.05 bits per heavy atom. The molecule has 0 aliphatic carbocycles. The Morgan fingerprint density at radius 3 is 2.67 bits per heavy atom. The quantitative estimate of drug-likeness (QED) is 0.729. The minimum Gasteiger partial charge on any atom is -0.504 e. The highest BCUT2D eigenvalue weighted by molar-refractivity contribution is 5.95. The van der Waals surface area contributed by atoms with Gasteiger partial charge in [0, 0.05) is 13.2 Å². The summed E-state index contributed by atoms with van der Waals surface area (Å²) in [6.45, 7) is 0.